The maximum Gasteiger partial charge on any atom is 0.226 e. The number of nitriles is 1. The average molecular weight is 328 g/mol. The number of nitrogens with zero attached hydrogens (tertiary/aromatic N) is 6. The Morgan fingerprint density at radius 1 is 1.30 bits per heavy atom. The minimum atomic E-state index is 0.743. The van der Waals surface area contributed by atoms with Crippen LogP contribution in [0.4, 0.5) is 11.8 Å². The molecule has 2 aromatic rings. The van der Waals surface area contributed by atoms with Crippen molar-refractivity contribution in [3.63, 3.8) is 0 Å². The SMILES string of the molecule is CN(C)c1nccc(N2CCN(Cc3cc(C#N)cs3)CC2)n1. The summed E-state index contributed by atoms with van der Waals surface area (Å²) in [5, 5.41) is 10.8. The first-order chi connectivity index (χ1) is 11.2. The molecule has 23 heavy (non-hydrogen) atoms. The summed E-state index contributed by atoms with van der Waals surface area (Å²) in [7, 11) is 3.90. The van der Waals surface area contributed by atoms with Gasteiger partial charge in [-0.2, -0.15) is 10.2 Å². The largest absolute Gasteiger partial charge is 0.354 e. The van der Waals surface area contributed by atoms with Crippen LogP contribution in [0.25, 0.3) is 0 Å². The van der Waals surface area contributed by atoms with Gasteiger partial charge in [-0.1, -0.05) is 0 Å². The van der Waals surface area contributed by atoms with Crippen molar-refractivity contribution in [2.75, 3.05) is 50.1 Å². The van der Waals surface area contributed by atoms with E-state index in [0.29, 0.717) is 0 Å². The number of rotatable bonds is 4. The van der Waals surface area contributed by atoms with Crippen molar-refractivity contribution in [2.45, 2.75) is 6.54 Å². The zero-order valence-electron chi connectivity index (χ0n) is 13.4. The van der Waals surface area contributed by atoms with Gasteiger partial charge in [0.05, 0.1) is 5.56 Å². The molecule has 1 fully saturated rings. The Labute approximate surface area is 140 Å². The fourth-order valence-corrected chi connectivity index (χ4v) is 3.46. The monoisotopic (exact) mass is 328 g/mol. The van der Waals surface area contributed by atoms with Gasteiger partial charge in [0.1, 0.15) is 11.9 Å². The number of hydrogen-bond donors (Lipinski definition) is 0. The lowest BCUT2D eigenvalue weighted by atomic mass is 10.3. The fraction of sp³-hybridized carbons (Fsp3) is 0.438. The molecule has 3 rings (SSSR count). The third-order valence-electron chi connectivity index (χ3n) is 3.89. The molecule has 0 N–H and O–H groups in total. The molecular formula is C16H20N6S. The zero-order chi connectivity index (χ0) is 16.2. The second-order valence-electron chi connectivity index (χ2n) is 5.79. The molecule has 3 heterocycles. The molecule has 6 nitrogen and oxygen atoms in total. The van der Waals surface area contributed by atoms with Crippen LogP contribution in [0.1, 0.15) is 10.4 Å². The molecule has 0 spiro atoms. The minimum Gasteiger partial charge on any atom is -0.354 e. The molecule has 0 unspecified atom stereocenters. The van der Waals surface area contributed by atoms with E-state index in [1.54, 1.807) is 11.3 Å². The smallest absolute Gasteiger partial charge is 0.226 e. The summed E-state index contributed by atoms with van der Waals surface area (Å²) in [6.45, 7) is 4.84. The van der Waals surface area contributed by atoms with Gasteiger partial charge >= 0.3 is 0 Å². The Hall–Kier alpha value is -2.17. The molecule has 2 aromatic heterocycles. The predicted molar refractivity (Wildman–Crippen MR) is 92.9 cm³/mol. The van der Waals surface area contributed by atoms with Gasteiger partial charge in [0.2, 0.25) is 5.95 Å². The van der Waals surface area contributed by atoms with Gasteiger partial charge in [-0.25, -0.2) is 4.98 Å². The van der Waals surface area contributed by atoms with E-state index in [9.17, 15) is 0 Å². The molecule has 0 aliphatic carbocycles. The lowest BCUT2D eigenvalue weighted by molar-refractivity contribution is 0.251. The second-order valence-corrected chi connectivity index (χ2v) is 6.78. The second kappa shape index (κ2) is 6.94. The summed E-state index contributed by atoms with van der Waals surface area (Å²) < 4.78 is 0. The Kier molecular flexibility index (Phi) is 4.74. The maximum absolute atomic E-state index is 8.90. The third kappa shape index (κ3) is 3.78. The summed E-state index contributed by atoms with van der Waals surface area (Å²) in [5.74, 6) is 1.73. The third-order valence-corrected chi connectivity index (χ3v) is 4.81. The van der Waals surface area contributed by atoms with Crippen molar-refractivity contribution >= 4 is 23.1 Å². The van der Waals surface area contributed by atoms with Crippen molar-refractivity contribution < 1.29 is 0 Å². The topological polar surface area (TPSA) is 59.3 Å². The van der Waals surface area contributed by atoms with E-state index < -0.39 is 0 Å². The predicted octanol–water partition coefficient (Wildman–Crippen LogP) is 1.80. The first-order valence-electron chi connectivity index (χ1n) is 7.61. The van der Waals surface area contributed by atoms with Crippen LogP contribution in [0.5, 0.6) is 0 Å². The van der Waals surface area contributed by atoms with Crippen molar-refractivity contribution in [1.29, 1.82) is 5.26 Å². The lowest BCUT2D eigenvalue weighted by Crippen LogP contribution is -2.46. The van der Waals surface area contributed by atoms with E-state index in [0.717, 1.165) is 50.1 Å². The van der Waals surface area contributed by atoms with Crippen LogP contribution in [0.3, 0.4) is 0 Å². The quantitative estimate of drug-likeness (QED) is 0.853. The van der Waals surface area contributed by atoms with Crippen molar-refractivity contribution in [1.82, 2.24) is 14.9 Å². The zero-order valence-corrected chi connectivity index (χ0v) is 14.3. The van der Waals surface area contributed by atoms with Crippen LogP contribution < -0.4 is 9.80 Å². The molecule has 1 aliphatic heterocycles. The van der Waals surface area contributed by atoms with Gasteiger partial charge in [-0.05, 0) is 12.1 Å². The van der Waals surface area contributed by atoms with Gasteiger partial charge in [0.15, 0.2) is 0 Å². The molecule has 0 amide bonds. The van der Waals surface area contributed by atoms with Crippen molar-refractivity contribution in [2.24, 2.45) is 0 Å². The molecular weight excluding hydrogens is 308 g/mol. The first kappa shape index (κ1) is 15.7. The minimum absolute atomic E-state index is 0.743. The average Bonchev–Trinajstić information content (AvgIpc) is 3.03. The van der Waals surface area contributed by atoms with Crippen LogP contribution in [0.2, 0.25) is 0 Å². The molecule has 0 atom stereocenters. The maximum atomic E-state index is 8.90. The number of piperazine rings is 1. The van der Waals surface area contributed by atoms with Crippen LogP contribution >= 0.6 is 11.3 Å². The lowest BCUT2D eigenvalue weighted by Gasteiger charge is -2.35. The van der Waals surface area contributed by atoms with Crippen molar-refractivity contribution in [3.8, 4) is 6.07 Å². The summed E-state index contributed by atoms with van der Waals surface area (Å²) >= 11 is 1.67. The summed E-state index contributed by atoms with van der Waals surface area (Å²) in [4.78, 5) is 16.8. The fourth-order valence-electron chi connectivity index (χ4n) is 2.61. The van der Waals surface area contributed by atoms with Gasteiger partial charge in [0.25, 0.3) is 0 Å². The summed E-state index contributed by atoms with van der Waals surface area (Å²) in [6.07, 6.45) is 1.82. The van der Waals surface area contributed by atoms with E-state index in [4.69, 9.17) is 5.26 Å². The van der Waals surface area contributed by atoms with Crippen LogP contribution in [-0.2, 0) is 6.54 Å². The normalized spacial score (nSPS) is 15.4. The van der Waals surface area contributed by atoms with E-state index >= 15 is 0 Å². The van der Waals surface area contributed by atoms with Crippen LogP contribution in [-0.4, -0.2) is 55.1 Å². The number of hydrogen-bond acceptors (Lipinski definition) is 7. The molecule has 0 saturated carbocycles. The van der Waals surface area contributed by atoms with Gasteiger partial charge < -0.3 is 9.80 Å². The number of thiophene rings is 1. The Bertz CT molecular complexity index is 697. The van der Waals surface area contributed by atoms with E-state index in [1.165, 1.54) is 4.88 Å². The first-order valence-corrected chi connectivity index (χ1v) is 8.49. The summed E-state index contributed by atoms with van der Waals surface area (Å²) in [6, 6.07) is 6.16. The van der Waals surface area contributed by atoms with E-state index in [2.05, 4.69) is 25.8 Å². The Morgan fingerprint density at radius 3 is 2.74 bits per heavy atom. The summed E-state index contributed by atoms with van der Waals surface area (Å²) in [5.41, 5.74) is 0.765. The molecule has 7 heteroatoms. The van der Waals surface area contributed by atoms with Crippen molar-refractivity contribution in [3.05, 3.63) is 34.2 Å². The molecule has 1 saturated heterocycles. The van der Waals surface area contributed by atoms with Crippen LogP contribution in [0.15, 0.2) is 23.7 Å². The highest BCUT2D eigenvalue weighted by Crippen LogP contribution is 2.19. The molecule has 0 aromatic carbocycles. The highest BCUT2D eigenvalue weighted by Gasteiger charge is 2.19. The highest BCUT2D eigenvalue weighted by molar-refractivity contribution is 7.10. The van der Waals surface area contributed by atoms with Gasteiger partial charge in [0, 0.05) is 63.3 Å². The molecule has 1 aliphatic rings. The Morgan fingerprint density at radius 2 is 2.09 bits per heavy atom. The number of aromatic nitrogens is 2. The Balaban J connectivity index is 1.58. The van der Waals surface area contributed by atoms with E-state index in [1.807, 2.05) is 42.7 Å². The molecule has 0 radical (unpaired) electrons. The standard InChI is InChI=1S/C16H20N6S/c1-20(2)16-18-4-3-15(19-16)22-7-5-21(6-8-22)11-14-9-13(10-17)12-23-14/h3-4,9,12H,5-8,11H2,1-2H3. The van der Waals surface area contributed by atoms with Gasteiger partial charge in [-0.3, -0.25) is 4.90 Å². The van der Waals surface area contributed by atoms with Gasteiger partial charge in [-0.15, -0.1) is 11.3 Å². The van der Waals surface area contributed by atoms with E-state index in [-0.39, 0.29) is 0 Å². The molecule has 120 valence electrons. The highest BCUT2D eigenvalue weighted by atomic mass is 32.1. The molecule has 0 bridgehead atoms. The number of anilines is 2. The van der Waals surface area contributed by atoms with Crippen LogP contribution in [0, 0.1) is 11.3 Å².